The monoisotopic (exact) mass is 266 g/mol. The lowest BCUT2D eigenvalue weighted by atomic mass is 10.1. The van der Waals surface area contributed by atoms with Gasteiger partial charge in [0.1, 0.15) is 0 Å². The number of rotatable bonds is 5. The lowest BCUT2D eigenvalue weighted by Crippen LogP contribution is -2.10. The van der Waals surface area contributed by atoms with Crippen LogP contribution in [0.4, 0.5) is 0 Å². The molecule has 0 heterocycles. The molecule has 0 amide bonds. The molecule has 0 saturated carbocycles. The molecule has 0 fully saturated rings. The van der Waals surface area contributed by atoms with E-state index in [0.29, 0.717) is 6.61 Å². The predicted octanol–water partition coefficient (Wildman–Crippen LogP) is 3.01. The van der Waals surface area contributed by atoms with Crippen LogP contribution in [0.15, 0.2) is 60.7 Å². The number of benzene rings is 2. The molecule has 0 aliphatic heterocycles. The van der Waals surface area contributed by atoms with Crippen LogP contribution in [0.25, 0.3) is 0 Å². The van der Waals surface area contributed by atoms with Gasteiger partial charge in [0, 0.05) is 5.56 Å². The number of hydrogen-bond acceptors (Lipinski definition) is 2. The van der Waals surface area contributed by atoms with Gasteiger partial charge in [0.25, 0.3) is 0 Å². The summed E-state index contributed by atoms with van der Waals surface area (Å²) >= 11 is 0. The molecule has 20 heavy (non-hydrogen) atoms. The third-order valence-electron chi connectivity index (χ3n) is 2.84. The Morgan fingerprint density at radius 1 is 0.950 bits per heavy atom. The molecule has 1 unspecified atom stereocenters. The van der Waals surface area contributed by atoms with E-state index >= 15 is 0 Å². The fraction of sp³-hybridized carbons (Fsp3) is 0.222. The fourth-order valence-electron chi connectivity index (χ4n) is 1.82. The van der Waals surface area contributed by atoms with Gasteiger partial charge in [0.2, 0.25) is 6.29 Å². The average molecular weight is 266 g/mol. The molecule has 0 aliphatic rings. The van der Waals surface area contributed by atoms with Gasteiger partial charge in [0.15, 0.2) is 0 Å². The van der Waals surface area contributed by atoms with Crippen LogP contribution in [-0.4, -0.2) is 18.0 Å². The molecule has 2 heteroatoms. The Morgan fingerprint density at radius 2 is 1.60 bits per heavy atom. The summed E-state index contributed by atoms with van der Waals surface area (Å²) in [5.41, 5.74) is 2.15. The minimum absolute atomic E-state index is 0.500. The van der Waals surface area contributed by atoms with Gasteiger partial charge in [-0.2, -0.15) is 0 Å². The zero-order valence-corrected chi connectivity index (χ0v) is 11.3. The summed E-state index contributed by atoms with van der Waals surface area (Å²) in [6.45, 7) is 0.500. The molecule has 2 rings (SSSR count). The topological polar surface area (TPSA) is 29.5 Å². The normalized spacial score (nSPS) is 11.4. The van der Waals surface area contributed by atoms with E-state index in [-0.39, 0.29) is 0 Å². The Morgan fingerprint density at radius 3 is 2.30 bits per heavy atom. The highest BCUT2D eigenvalue weighted by atomic mass is 16.6. The number of aliphatic hydroxyl groups is 1. The van der Waals surface area contributed by atoms with Crippen LogP contribution in [0.1, 0.15) is 17.5 Å². The van der Waals surface area contributed by atoms with E-state index in [1.807, 2.05) is 48.5 Å². The molecule has 0 aliphatic carbocycles. The van der Waals surface area contributed by atoms with Crippen LogP contribution in [0.5, 0.6) is 0 Å². The highest BCUT2D eigenvalue weighted by molar-refractivity contribution is 5.33. The van der Waals surface area contributed by atoms with E-state index in [0.717, 1.165) is 18.4 Å². The van der Waals surface area contributed by atoms with Crippen molar-refractivity contribution in [1.82, 2.24) is 0 Å². The molecular weight excluding hydrogens is 248 g/mol. The SMILES string of the molecule is OC(C#Cc1ccccc1)OCCCc1ccccc1. The maximum atomic E-state index is 9.61. The third kappa shape index (κ3) is 5.27. The summed E-state index contributed by atoms with van der Waals surface area (Å²) < 4.78 is 5.27. The van der Waals surface area contributed by atoms with E-state index in [1.54, 1.807) is 0 Å². The van der Waals surface area contributed by atoms with Gasteiger partial charge >= 0.3 is 0 Å². The van der Waals surface area contributed by atoms with Crippen LogP contribution in [0.2, 0.25) is 0 Å². The predicted molar refractivity (Wildman–Crippen MR) is 80.0 cm³/mol. The maximum absolute atomic E-state index is 9.61. The highest BCUT2D eigenvalue weighted by Crippen LogP contribution is 2.03. The Hall–Kier alpha value is -2.08. The zero-order valence-electron chi connectivity index (χ0n) is 11.3. The summed E-state index contributed by atoms with van der Waals surface area (Å²) in [6.07, 6.45) is 0.791. The molecule has 0 spiro atoms. The van der Waals surface area contributed by atoms with Crippen molar-refractivity contribution in [2.75, 3.05) is 6.61 Å². The summed E-state index contributed by atoms with van der Waals surface area (Å²) in [7, 11) is 0. The second-order valence-corrected chi connectivity index (χ2v) is 4.45. The highest BCUT2D eigenvalue weighted by Gasteiger charge is 1.98. The van der Waals surface area contributed by atoms with E-state index in [4.69, 9.17) is 4.74 Å². The standard InChI is InChI=1S/C18H18O2/c19-18(14-13-17-10-5-2-6-11-17)20-15-7-12-16-8-3-1-4-9-16/h1-6,8-11,18-19H,7,12,15H2. The number of hydrogen-bond donors (Lipinski definition) is 1. The first kappa shape index (κ1) is 14.3. The van der Waals surface area contributed by atoms with Crippen LogP contribution >= 0.6 is 0 Å². The molecule has 102 valence electrons. The van der Waals surface area contributed by atoms with Crippen LogP contribution in [-0.2, 0) is 11.2 Å². The molecule has 0 radical (unpaired) electrons. The second-order valence-electron chi connectivity index (χ2n) is 4.45. The fourth-order valence-corrected chi connectivity index (χ4v) is 1.82. The lowest BCUT2D eigenvalue weighted by molar-refractivity contribution is -0.0576. The molecule has 2 aromatic carbocycles. The van der Waals surface area contributed by atoms with E-state index < -0.39 is 6.29 Å². The second kappa shape index (κ2) is 8.16. The van der Waals surface area contributed by atoms with Crippen molar-refractivity contribution >= 4 is 0 Å². The average Bonchev–Trinajstić information content (AvgIpc) is 2.52. The van der Waals surface area contributed by atoms with Crippen LogP contribution in [0, 0.1) is 11.8 Å². The Kier molecular flexibility index (Phi) is 5.85. The van der Waals surface area contributed by atoms with E-state index in [9.17, 15) is 5.11 Å². The van der Waals surface area contributed by atoms with Gasteiger partial charge in [-0.1, -0.05) is 54.5 Å². The zero-order chi connectivity index (χ0) is 14.0. The summed E-state index contributed by atoms with van der Waals surface area (Å²) in [5.74, 6) is 5.56. The molecule has 2 nitrogen and oxygen atoms in total. The lowest BCUT2D eigenvalue weighted by Gasteiger charge is -2.05. The first-order valence-electron chi connectivity index (χ1n) is 6.75. The van der Waals surface area contributed by atoms with Crippen molar-refractivity contribution in [3.05, 3.63) is 71.8 Å². The molecular formula is C18H18O2. The van der Waals surface area contributed by atoms with Gasteiger partial charge in [-0.25, -0.2) is 0 Å². The van der Waals surface area contributed by atoms with Crippen molar-refractivity contribution in [3.63, 3.8) is 0 Å². The Labute approximate surface area is 120 Å². The number of aliphatic hydroxyl groups excluding tert-OH is 1. The van der Waals surface area contributed by atoms with Crippen molar-refractivity contribution in [2.24, 2.45) is 0 Å². The van der Waals surface area contributed by atoms with Gasteiger partial charge < -0.3 is 9.84 Å². The van der Waals surface area contributed by atoms with Crippen LogP contribution in [0.3, 0.4) is 0 Å². The van der Waals surface area contributed by atoms with Crippen molar-refractivity contribution in [3.8, 4) is 11.8 Å². The molecule has 2 aromatic rings. The quantitative estimate of drug-likeness (QED) is 0.512. The molecule has 0 aromatic heterocycles. The minimum Gasteiger partial charge on any atom is -0.358 e. The van der Waals surface area contributed by atoms with E-state index in [2.05, 4.69) is 24.0 Å². The van der Waals surface area contributed by atoms with Gasteiger partial charge in [-0.05, 0) is 36.5 Å². The maximum Gasteiger partial charge on any atom is 0.220 e. The van der Waals surface area contributed by atoms with Gasteiger partial charge in [-0.15, -0.1) is 0 Å². The molecule has 1 N–H and O–H groups in total. The number of ether oxygens (including phenoxy) is 1. The molecule has 1 atom stereocenters. The van der Waals surface area contributed by atoms with Gasteiger partial charge in [-0.3, -0.25) is 0 Å². The van der Waals surface area contributed by atoms with E-state index in [1.165, 1.54) is 5.56 Å². The summed E-state index contributed by atoms with van der Waals surface area (Å²) in [5, 5.41) is 9.61. The number of aryl methyl sites for hydroxylation is 1. The first-order chi connectivity index (χ1) is 9.84. The Bertz CT molecular complexity index is 552. The minimum atomic E-state index is -1.02. The van der Waals surface area contributed by atoms with Crippen LogP contribution < -0.4 is 0 Å². The van der Waals surface area contributed by atoms with Crippen molar-refractivity contribution in [2.45, 2.75) is 19.1 Å². The first-order valence-corrected chi connectivity index (χ1v) is 6.75. The van der Waals surface area contributed by atoms with Crippen molar-refractivity contribution < 1.29 is 9.84 Å². The van der Waals surface area contributed by atoms with Crippen molar-refractivity contribution in [1.29, 1.82) is 0 Å². The smallest absolute Gasteiger partial charge is 0.220 e. The summed E-state index contributed by atoms with van der Waals surface area (Å²) in [4.78, 5) is 0. The molecule has 0 saturated heterocycles. The molecule has 0 bridgehead atoms. The van der Waals surface area contributed by atoms with Gasteiger partial charge in [0.05, 0.1) is 6.61 Å². The largest absolute Gasteiger partial charge is 0.358 e. The third-order valence-corrected chi connectivity index (χ3v) is 2.84. The Balaban J connectivity index is 1.68. The summed E-state index contributed by atoms with van der Waals surface area (Å²) in [6, 6.07) is 19.8.